The van der Waals surface area contributed by atoms with E-state index in [9.17, 15) is 9.59 Å². The van der Waals surface area contributed by atoms with Crippen molar-refractivity contribution in [1.82, 2.24) is 29.7 Å². The number of hydrogen-bond acceptors (Lipinski definition) is 7. The van der Waals surface area contributed by atoms with Gasteiger partial charge in [0.15, 0.2) is 0 Å². The first-order valence-corrected chi connectivity index (χ1v) is 17.2. The Balaban J connectivity index is 1.11. The van der Waals surface area contributed by atoms with Crippen LogP contribution in [0.5, 0.6) is 0 Å². The molecule has 2 saturated heterocycles. The number of nitrogens with one attached hydrogen (secondary N) is 2. The lowest BCUT2D eigenvalue weighted by Gasteiger charge is -2.27. The molecule has 3 aromatic heterocycles. The van der Waals surface area contributed by atoms with Crippen LogP contribution in [-0.2, 0) is 9.47 Å². The SMILES string of the molecule is CC(C)(C)OC(=O)N1CCC[C@H]1c1ncc(-c2ccc3c(ccc4cc(-c5cnc([C@@H]6CCCN6C(=O)OC(C)(C)C)[nH]5)sc43)c2)[nH]1. The molecule has 0 spiro atoms. The first-order valence-electron chi connectivity index (χ1n) is 16.4. The highest BCUT2D eigenvalue weighted by atomic mass is 32.1. The number of imidazole rings is 2. The zero-order valence-electron chi connectivity index (χ0n) is 27.8. The average Bonchev–Trinajstić information content (AvgIpc) is 3.82. The number of rotatable bonds is 4. The molecule has 0 bridgehead atoms. The number of benzene rings is 2. The second-order valence-electron chi connectivity index (χ2n) is 14.6. The minimum Gasteiger partial charge on any atom is -0.444 e. The van der Waals surface area contributed by atoms with E-state index in [1.165, 1.54) is 15.5 Å². The molecule has 0 radical (unpaired) electrons. The Morgan fingerprint density at radius 2 is 1.32 bits per heavy atom. The topological polar surface area (TPSA) is 116 Å². The van der Waals surface area contributed by atoms with Gasteiger partial charge in [0.1, 0.15) is 22.9 Å². The molecule has 246 valence electrons. The Bertz CT molecular complexity index is 1960. The third-order valence-corrected chi connectivity index (χ3v) is 9.88. The number of H-pyrrole nitrogens is 2. The Labute approximate surface area is 278 Å². The molecule has 5 heterocycles. The lowest BCUT2D eigenvalue weighted by atomic mass is 10.0. The molecule has 2 aliphatic heterocycles. The summed E-state index contributed by atoms with van der Waals surface area (Å²) in [5, 5.41) is 3.49. The van der Waals surface area contributed by atoms with Gasteiger partial charge in [-0.05, 0) is 95.5 Å². The van der Waals surface area contributed by atoms with Crippen LogP contribution in [0.15, 0.2) is 48.8 Å². The third-order valence-electron chi connectivity index (χ3n) is 8.66. The quantitative estimate of drug-likeness (QED) is 0.200. The second kappa shape index (κ2) is 11.7. The van der Waals surface area contributed by atoms with Crippen molar-refractivity contribution in [2.45, 2.75) is 90.5 Å². The van der Waals surface area contributed by atoms with Crippen molar-refractivity contribution in [2.75, 3.05) is 13.1 Å². The van der Waals surface area contributed by atoms with Gasteiger partial charge in [-0.2, -0.15) is 0 Å². The van der Waals surface area contributed by atoms with Crippen molar-refractivity contribution in [3.63, 3.8) is 0 Å². The minimum absolute atomic E-state index is 0.121. The molecule has 10 nitrogen and oxygen atoms in total. The van der Waals surface area contributed by atoms with E-state index in [4.69, 9.17) is 14.5 Å². The van der Waals surface area contributed by atoms with Gasteiger partial charge in [-0.1, -0.05) is 24.3 Å². The summed E-state index contributed by atoms with van der Waals surface area (Å²) in [5.74, 6) is 1.58. The minimum atomic E-state index is -0.541. The van der Waals surface area contributed by atoms with Crippen LogP contribution in [0, 0.1) is 0 Å². The Morgan fingerprint density at radius 1 is 0.766 bits per heavy atom. The monoisotopic (exact) mass is 654 g/mol. The van der Waals surface area contributed by atoms with Crippen molar-refractivity contribution in [3.05, 3.63) is 60.4 Å². The molecule has 2 N–H and O–H groups in total. The summed E-state index contributed by atoms with van der Waals surface area (Å²) < 4.78 is 12.5. The largest absolute Gasteiger partial charge is 0.444 e. The van der Waals surface area contributed by atoms with Gasteiger partial charge < -0.3 is 19.4 Å². The van der Waals surface area contributed by atoms with Crippen molar-refractivity contribution < 1.29 is 19.1 Å². The molecule has 2 aromatic carbocycles. The van der Waals surface area contributed by atoms with E-state index in [-0.39, 0.29) is 24.3 Å². The number of ether oxygens (including phenoxy) is 2. The van der Waals surface area contributed by atoms with Crippen molar-refractivity contribution in [3.8, 4) is 21.8 Å². The normalized spacial score (nSPS) is 18.9. The maximum atomic E-state index is 12.9. The summed E-state index contributed by atoms with van der Waals surface area (Å²) in [6, 6.07) is 12.8. The van der Waals surface area contributed by atoms with E-state index in [0.717, 1.165) is 64.5 Å². The first-order chi connectivity index (χ1) is 22.3. The molecule has 0 saturated carbocycles. The Hall–Kier alpha value is -4.38. The van der Waals surface area contributed by atoms with E-state index in [0.29, 0.717) is 13.1 Å². The van der Waals surface area contributed by atoms with E-state index < -0.39 is 11.2 Å². The number of aromatic amines is 2. The average molecular weight is 655 g/mol. The summed E-state index contributed by atoms with van der Waals surface area (Å²) in [6.45, 7) is 12.7. The van der Waals surface area contributed by atoms with Crippen molar-refractivity contribution in [1.29, 1.82) is 0 Å². The van der Waals surface area contributed by atoms with E-state index in [1.807, 2.05) is 53.9 Å². The fourth-order valence-electron chi connectivity index (χ4n) is 6.59. The molecule has 2 aliphatic rings. The number of aromatic nitrogens is 4. The summed E-state index contributed by atoms with van der Waals surface area (Å²) in [4.78, 5) is 46.8. The van der Waals surface area contributed by atoms with Gasteiger partial charge in [0.05, 0.1) is 40.7 Å². The number of thiophene rings is 1. The van der Waals surface area contributed by atoms with Crippen LogP contribution < -0.4 is 0 Å². The molecule has 0 unspecified atom stereocenters. The molecule has 7 rings (SSSR count). The molecule has 2 atom stereocenters. The number of likely N-dealkylation sites (tertiary alicyclic amines) is 2. The maximum absolute atomic E-state index is 12.9. The zero-order valence-corrected chi connectivity index (χ0v) is 28.7. The smallest absolute Gasteiger partial charge is 0.410 e. The molecule has 47 heavy (non-hydrogen) atoms. The number of carbonyl (C=O) groups is 2. The van der Waals surface area contributed by atoms with Crippen molar-refractivity contribution >= 4 is 44.4 Å². The molecular formula is C36H42N6O4S. The number of hydrogen-bond donors (Lipinski definition) is 2. The number of fused-ring (bicyclic) bond motifs is 3. The van der Waals surface area contributed by atoms with Gasteiger partial charge in [0.25, 0.3) is 0 Å². The van der Waals surface area contributed by atoms with Crippen LogP contribution in [0.3, 0.4) is 0 Å². The molecular weight excluding hydrogens is 613 g/mol. The van der Waals surface area contributed by atoms with Crippen LogP contribution in [0.1, 0.15) is 91.0 Å². The second-order valence-corrected chi connectivity index (χ2v) is 15.6. The van der Waals surface area contributed by atoms with Gasteiger partial charge in [-0.3, -0.25) is 9.80 Å². The van der Waals surface area contributed by atoms with Gasteiger partial charge in [0.2, 0.25) is 0 Å². The van der Waals surface area contributed by atoms with Gasteiger partial charge in [-0.25, -0.2) is 19.6 Å². The van der Waals surface area contributed by atoms with E-state index in [2.05, 4.69) is 51.4 Å². The van der Waals surface area contributed by atoms with Crippen LogP contribution in [0.25, 0.3) is 42.7 Å². The molecule has 2 fully saturated rings. The maximum Gasteiger partial charge on any atom is 0.410 e. The van der Waals surface area contributed by atoms with Crippen LogP contribution in [0.4, 0.5) is 9.59 Å². The molecule has 5 aromatic rings. The highest BCUT2D eigenvalue weighted by Gasteiger charge is 2.36. The van der Waals surface area contributed by atoms with E-state index >= 15 is 0 Å². The summed E-state index contributed by atoms with van der Waals surface area (Å²) in [6.07, 6.45) is 6.68. The van der Waals surface area contributed by atoms with Crippen LogP contribution >= 0.6 is 11.3 Å². The third kappa shape index (κ3) is 6.33. The van der Waals surface area contributed by atoms with Crippen molar-refractivity contribution in [2.24, 2.45) is 0 Å². The fourth-order valence-corrected chi connectivity index (χ4v) is 7.75. The summed E-state index contributed by atoms with van der Waals surface area (Å²) >= 11 is 1.73. The summed E-state index contributed by atoms with van der Waals surface area (Å²) in [5.41, 5.74) is 1.82. The van der Waals surface area contributed by atoms with Gasteiger partial charge in [-0.15, -0.1) is 11.3 Å². The molecule has 2 amide bonds. The predicted molar refractivity (Wildman–Crippen MR) is 184 cm³/mol. The Morgan fingerprint density at radius 3 is 1.91 bits per heavy atom. The van der Waals surface area contributed by atoms with E-state index in [1.54, 1.807) is 21.1 Å². The van der Waals surface area contributed by atoms with Crippen LogP contribution in [0.2, 0.25) is 0 Å². The summed E-state index contributed by atoms with van der Waals surface area (Å²) in [7, 11) is 0. The molecule has 0 aliphatic carbocycles. The zero-order chi connectivity index (χ0) is 33.1. The van der Waals surface area contributed by atoms with Gasteiger partial charge >= 0.3 is 12.2 Å². The lowest BCUT2D eigenvalue weighted by molar-refractivity contribution is 0.0208. The Kier molecular flexibility index (Phi) is 7.77. The van der Waals surface area contributed by atoms with Gasteiger partial charge in [0, 0.05) is 23.4 Å². The highest BCUT2D eigenvalue weighted by molar-refractivity contribution is 7.23. The standard InChI is InChI=1S/C36H42N6O4S/c1-35(2,3)45-33(43)41-15-7-9-27(41)31-37-19-25(39-31)22-13-14-24-21(17-22)11-12-23-18-29(47-30(23)24)26-20-38-32(40-26)28-10-8-16-42(28)34(44)46-36(4,5)6/h11-14,17-20,27-28H,7-10,15-16H2,1-6H3,(H,37,39)(H,38,40)/t27-,28-/m0/s1. The predicted octanol–water partition coefficient (Wildman–Crippen LogP) is 8.98. The first kappa shape index (κ1) is 31.2. The number of amides is 2. The fraction of sp³-hybridized carbons (Fsp3) is 0.444. The highest BCUT2D eigenvalue weighted by Crippen LogP contribution is 2.40. The number of carbonyl (C=O) groups excluding carboxylic acids is 2. The van der Waals surface area contributed by atoms with Crippen LogP contribution in [-0.4, -0.2) is 66.2 Å². The number of nitrogens with zero attached hydrogens (tertiary/aromatic N) is 4. The molecule has 11 heteroatoms. The lowest BCUT2D eigenvalue weighted by Crippen LogP contribution is -2.36.